The lowest BCUT2D eigenvalue weighted by molar-refractivity contribution is 0.0694. The number of aryl methyl sites for hydroxylation is 1. The predicted molar refractivity (Wildman–Crippen MR) is 72.7 cm³/mol. The van der Waals surface area contributed by atoms with Gasteiger partial charge in [0.2, 0.25) is 0 Å². The number of carboxylic acid groups (broad SMARTS) is 1. The molecule has 1 aromatic carbocycles. The smallest absolute Gasteiger partial charge is 0.341 e. The van der Waals surface area contributed by atoms with Crippen molar-refractivity contribution in [3.8, 4) is 6.07 Å². The summed E-state index contributed by atoms with van der Waals surface area (Å²) in [5.74, 6) is -1.23. The summed E-state index contributed by atoms with van der Waals surface area (Å²) < 4.78 is 1.41. The molecule has 0 unspecified atom stereocenters. The maximum atomic E-state index is 12.1. The number of benzene rings is 1. The summed E-state index contributed by atoms with van der Waals surface area (Å²) in [5, 5.41) is 17.7. The van der Waals surface area contributed by atoms with E-state index in [1.807, 2.05) is 6.07 Å². The van der Waals surface area contributed by atoms with Crippen LogP contribution in [0.15, 0.2) is 41.2 Å². The van der Waals surface area contributed by atoms with Gasteiger partial charge in [0.1, 0.15) is 5.56 Å². The van der Waals surface area contributed by atoms with E-state index >= 15 is 0 Å². The van der Waals surface area contributed by atoms with Crippen LogP contribution in [-0.2, 0) is 6.54 Å². The number of carboxylic acids is 1. The Bertz CT molecular complexity index is 752. The summed E-state index contributed by atoms with van der Waals surface area (Å²) in [7, 11) is 0. The van der Waals surface area contributed by atoms with Crippen LogP contribution in [0.1, 0.15) is 27.2 Å². The van der Waals surface area contributed by atoms with Gasteiger partial charge in [0.15, 0.2) is 0 Å². The Balaban J connectivity index is 2.42. The summed E-state index contributed by atoms with van der Waals surface area (Å²) in [6.45, 7) is 2.02. The number of hydrogen-bond donors (Lipinski definition) is 1. The largest absolute Gasteiger partial charge is 0.477 e. The molecule has 5 heteroatoms. The Morgan fingerprint density at radius 3 is 2.45 bits per heavy atom. The minimum Gasteiger partial charge on any atom is -0.477 e. The fourth-order valence-electron chi connectivity index (χ4n) is 1.90. The van der Waals surface area contributed by atoms with Crippen molar-refractivity contribution in [2.45, 2.75) is 13.5 Å². The van der Waals surface area contributed by atoms with Gasteiger partial charge in [0.05, 0.1) is 18.2 Å². The highest BCUT2D eigenvalue weighted by Gasteiger charge is 2.12. The number of carbonyl (C=O) groups is 1. The summed E-state index contributed by atoms with van der Waals surface area (Å²) in [4.78, 5) is 23.1. The molecule has 2 aromatic rings. The molecule has 0 aliphatic carbocycles. The van der Waals surface area contributed by atoms with E-state index in [4.69, 9.17) is 10.4 Å². The van der Waals surface area contributed by atoms with Crippen LogP contribution in [0.25, 0.3) is 0 Å². The van der Waals surface area contributed by atoms with Gasteiger partial charge >= 0.3 is 5.97 Å². The molecule has 0 saturated carbocycles. The zero-order valence-corrected chi connectivity index (χ0v) is 10.8. The lowest BCUT2D eigenvalue weighted by Gasteiger charge is -2.10. The van der Waals surface area contributed by atoms with Gasteiger partial charge in [-0.1, -0.05) is 12.1 Å². The average molecular weight is 268 g/mol. The third-order valence-corrected chi connectivity index (χ3v) is 3.05. The zero-order valence-electron chi connectivity index (χ0n) is 10.8. The normalized spacial score (nSPS) is 10.0. The van der Waals surface area contributed by atoms with Gasteiger partial charge in [-0.05, 0) is 36.8 Å². The first-order valence-corrected chi connectivity index (χ1v) is 5.95. The van der Waals surface area contributed by atoms with E-state index in [1.54, 1.807) is 37.3 Å². The van der Waals surface area contributed by atoms with Crippen molar-refractivity contribution in [3.63, 3.8) is 0 Å². The fraction of sp³-hybridized carbons (Fsp3) is 0.133. The van der Waals surface area contributed by atoms with Crippen LogP contribution in [0.4, 0.5) is 0 Å². The molecule has 0 bridgehead atoms. The van der Waals surface area contributed by atoms with Crippen molar-refractivity contribution in [3.05, 3.63) is 69.1 Å². The topological polar surface area (TPSA) is 83.1 Å². The van der Waals surface area contributed by atoms with Crippen molar-refractivity contribution in [2.24, 2.45) is 0 Å². The van der Waals surface area contributed by atoms with Gasteiger partial charge in [-0.15, -0.1) is 0 Å². The van der Waals surface area contributed by atoms with E-state index in [1.165, 1.54) is 10.6 Å². The summed E-state index contributed by atoms with van der Waals surface area (Å²) in [5.41, 5.74) is 1.28. The van der Waals surface area contributed by atoms with Crippen LogP contribution in [-0.4, -0.2) is 15.6 Å². The van der Waals surface area contributed by atoms with E-state index in [9.17, 15) is 9.59 Å². The van der Waals surface area contributed by atoms with E-state index in [0.29, 0.717) is 11.3 Å². The maximum absolute atomic E-state index is 12.1. The quantitative estimate of drug-likeness (QED) is 0.919. The molecule has 0 fully saturated rings. The van der Waals surface area contributed by atoms with Gasteiger partial charge in [-0.2, -0.15) is 5.26 Å². The molecule has 0 spiro atoms. The standard InChI is InChI=1S/C15H12N2O3/c1-10-2-7-13(15(19)20)14(18)17(10)9-12-5-3-11(8-16)4-6-12/h2-7H,9H2,1H3,(H,19,20). The first-order chi connectivity index (χ1) is 9.52. The molecule has 0 amide bonds. The molecule has 20 heavy (non-hydrogen) atoms. The molecule has 100 valence electrons. The zero-order chi connectivity index (χ0) is 14.7. The summed E-state index contributed by atoms with van der Waals surface area (Å²) in [6.07, 6.45) is 0. The van der Waals surface area contributed by atoms with Gasteiger partial charge < -0.3 is 9.67 Å². The van der Waals surface area contributed by atoms with Crippen LogP contribution in [0.2, 0.25) is 0 Å². The van der Waals surface area contributed by atoms with Crippen molar-refractivity contribution < 1.29 is 9.90 Å². The van der Waals surface area contributed by atoms with Crippen molar-refractivity contribution in [2.75, 3.05) is 0 Å². The van der Waals surface area contributed by atoms with Crippen LogP contribution in [0, 0.1) is 18.3 Å². The number of nitrogens with zero attached hydrogens (tertiary/aromatic N) is 2. The highest BCUT2D eigenvalue weighted by molar-refractivity contribution is 5.87. The molecular formula is C15H12N2O3. The van der Waals surface area contributed by atoms with Gasteiger partial charge in [-0.3, -0.25) is 4.79 Å². The van der Waals surface area contributed by atoms with Gasteiger partial charge in [0, 0.05) is 5.69 Å². The maximum Gasteiger partial charge on any atom is 0.341 e. The molecule has 1 aromatic heterocycles. The lowest BCUT2D eigenvalue weighted by Crippen LogP contribution is -2.28. The molecule has 1 N–H and O–H groups in total. The Labute approximate surface area is 115 Å². The molecular weight excluding hydrogens is 256 g/mol. The molecule has 0 aliphatic rings. The highest BCUT2D eigenvalue weighted by atomic mass is 16.4. The first-order valence-electron chi connectivity index (χ1n) is 5.95. The Morgan fingerprint density at radius 2 is 1.90 bits per heavy atom. The molecule has 1 heterocycles. The van der Waals surface area contributed by atoms with Gasteiger partial charge in [-0.25, -0.2) is 4.79 Å². The number of aromatic carboxylic acids is 1. The third kappa shape index (κ3) is 2.59. The van der Waals surface area contributed by atoms with Gasteiger partial charge in [0.25, 0.3) is 5.56 Å². The SMILES string of the molecule is Cc1ccc(C(=O)O)c(=O)n1Cc1ccc(C#N)cc1. The highest BCUT2D eigenvalue weighted by Crippen LogP contribution is 2.07. The second kappa shape index (κ2) is 5.41. The summed E-state index contributed by atoms with van der Waals surface area (Å²) in [6, 6.07) is 11.8. The van der Waals surface area contributed by atoms with Crippen LogP contribution in [0.3, 0.4) is 0 Å². The minimum atomic E-state index is -1.23. The Hall–Kier alpha value is -2.87. The molecule has 0 saturated heterocycles. The lowest BCUT2D eigenvalue weighted by atomic mass is 10.1. The van der Waals surface area contributed by atoms with Crippen molar-refractivity contribution in [1.82, 2.24) is 4.57 Å². The van der Waals surface area contributed by atoms with Crippen LogP contribution < -0.4 is 5.56 Å². The summed E-state index contributed by atoms with van der Waals surface area (Å²) >= 11 is 0. The number of nitriles is 1. The molecule has 2 rings (SSSR count). The molecule has 0 radical (unpaired) electrons. The Morgan fingerprint density at radius 1 is 1.25 bits per heavy atom. The van der Waals surface area contributed by atoms with Crippen LogP contribution >= 0.6 is 0 Å². The first kappa shape index (κ1) is 13.6. The molecule has 5 nitrogen and oxygen atoms in total. The Kier molecular flexibility index (Phi) is 3.67. The predicted octanol–water partition coefficient (Wildman–Crippen LogP) is 1.77. The minimum absolute atomic E-state index is 0.246. The second-order valence-electron chi connectivity index (χ2n) is 4.39. The number of rotatable bonds is 3. The second-order valence-corrected chi connectivity index (χ2v) is 4.39. The van der Waals surface area contributed by atoms with E-state index < -0.39 is 11.5 Å². The monoisotopic (exact) mass is 268 g/mol. The average Bonchev–Trinajstić information content (AvgIpc) is 2.43. The van der Waals surface area contributed by atoms with Crippen molar-refractivity contribution in [1.29, 1.82) is 5.26 Å². The van der Waals surface area contributed by atoms with E-state index in [-0.39, 0.29) is 12.1 Å². The number of aromatic nitrogens is 1. The molecule has 0 aliphatic heterocycles. The third-order valence-electron chi connectivity index (χ3n) is 3.05. The molecule has 0 atom stereocenters. The number of pyridine rings is 1. The van der Waals surface area contributed by atoms with E-state index in [0.717, 1.165) is 5.56 Å². The van der Waals surface area contributed by atoms with Crippen molar-refractivity contribution >= 4 is 5.97 Å². The number of hydrogen-bond acceptors (Lipinski definition) is 3. The fourth-order valence-corrected chi connectivity index (χ4v) is 1.90. The van der Waals surface area contributed by atoms with E-state index in [2.05, 4.69) is 0 Å². The van der Waals surface area contributed by atoms with Crippen LogP contribution in [0.5, 0.6) is 0 Å².